The number of hydrogen-bond donors (Lipinski definition) is 0. The summed E-state index contributed by atoms with van der Waals surface area (Å²) < 4.78 is 11.5. The van der Waals surface area contributed by atoms with Crippen LogP contribution in [0.2, 0.25) is 0 Å². The minimum Gasteiger partial charge on any atom is -0.378 e. The third-order valence-electron chi connectivity index (χ3n) is 6.41. The number of benzene rings is 1. The van der Waals surface area contributed by atoms with Crippen LogP contribution in [0.3, 0.4) is 0 Å². The van der Waals surface area contributed by atoms with E-state index in [1.54, 1.807) is 6.33 Å². The van der Waals surface area contributed by atoms with Gasteiger partial charge in [0.15, 0.2) is 28.6 Å². The summed E-state index contributed by atoms with van der Waals surface area (Å²) in [5.74, 6) is 3.71. The molecule has 180 valence electrons. The van der Waals surface area contributed by atoms with E-state index in [0.29, 0.717) is 30.8 Å². The molecule has 11 heteroatoms. The van der Waals surface area contributed by atoms with Gasteiger partial charge in [0.05, 0.1) is 24.2 Å². The molecule has 0 bridgehead atoms. The van der Waals surface area contributed by atoms with Crippen LogP contribution in [-0.2, 0) is 18.2 Å². The van der Waals surface area contributed by atoms with Gasteiger partial charge in [-0.15, -0.1) is 0 Å². The van der Waals surface area contributed by atoms with Gasteiger partial charge < -0.3 is 14.2 Å². The normalized spacial score (nSPS) is 14.6. The molecule has 1 saturated heterocycles. The average Bonchev–Trinajstić information content (AvgIpc) is 3.59. The molecule has 0 aliphatic carbocycles. The number of para-hydroxylation sites is 2. The number of aryl methyl sites for hydroxylation is 2. The van der Waals surface area contributed by atoms with Gasteiger partial charge >= 0.3 is 0 Å². The Morgan fingerprint density at radius 1 is 1.00 bits per heavy atom. The smallest absolute Gasteiger partial charge is 0.239 e. The minimum atomic E-state index is 0.150. The van der Waals surface area contributed by atoms with Crippen LogP contribution in [-0.4, -0.2) is 70.1 Å². The maximum atomic E-state index is 5.61. The Bertz CT molecular complexity index is 1520. The van der Waals surface area contributed by atoms with Crippen LogP contribution in [0.5, 0.6) is 0 Å². The standard InChI is InChI=1S/C24H28N10O/c1-5-18-27-16-8-6-7-9-17(16)33(18)24-29-20-19(21(30-24)32-10-12-35-13-11-32)28-23(31(20)4)22-25-14-26-34(22)15(2)3/h6-9,14-15H,5,10-13H2,1-4H3. The van der Waals surface area contributed by atoms with Crippen molar-refractivity contribution in [3.8, 4) is 17.6 Å². The van der Waals surface area contributed by atoms with Crippen LogP contribution in [0.4, 0.5) is 5.82 Å². The van der Waals surface area contributed by atoms with Gasteiger partial charge in [0.2, 0.25) is 5.95 Å². The molecule has 0 radical (unpaired) electrons. The monoisotopic (exact) mass is 472 g/mol. The molecule has 4 aromatic heterocycles. The molecule has 1 aliphatic rings. The summed E-state index contributed by atoms with van der Waals surface area (Å²) in [6.07, 6.45) is 2.33. The molecule has 0 amide bonds. The first-order chi connectivity index (χ1) is 17.1. The molecule has 1 aliphatic heterocycles. The Balaban J connectivity index is 1.63. The lowest BCUT2D eigenvalue weighted by atomic mass is 10.3. The number of morpholine rings is 1. The van der Waals surface area contributed by atoms with Crippen LogP contribution in [0.15, 0.2) is 30.6 Å². The third kappa shape index (κ3) is 3.45. The first-order valence-corrected chi connectivity index (χ1v) is 12.0. The molecule has 11 nitrogen and oxygen atoms in total. The van der Waals surface area contributed by atoms with Crippen molar-refractivity contribution in [1.29, 1.82) is 0 Å². The van der Waals surface area contributed by atoms with Crippen LogP contribution in [0.1, 0.15) is 32.6 Å². The van der Waals surface area contributed by atoms with E-state index in [0.717, 1.165) is 53.3 Å². The molecular weight excluding hydrogens is 444 g/mol. The number of ether oxygens (including phenoxy) is 1. The molecule has 5 aromatic rings. The van der Waals surface area contributed by atoms with Crippen molar-refractivity contribution in [1.82, 2.24) is 43.8 Å². The lowest BCUT2D eigenvalue weighted by Gasteiger charge is -2.28. The van der Waals surface area contributed by atoms with Crippen molar-refractivity contribution in [3.05, 3.63) is 36.4 Å². The van der Waals surface area contributed by atoms with E-state index in [9.17, 15) is 0 Å². The number of fused-ring (bicyclic) bond motifs is 2. The lowest BCUT2D eigenvalue weighted by molar-refractivity contribution is 0.122. The molecule has 0 spiro atoms. The maximum absolute atomic E-state index is 5.61. The Labute approximate surface area is 202 Å². The van der Waals surface area contributed by atoms with Crippen molar-refractivity contribution >= 4 is 28.0 Å². The minimum absolute atomic E-state index is 0.150. The first-order valence-electron chi connectivity index (χ1n) is 12.0. The summed E-state index contributed by atoms with van der Waals surface area (Å²) >= 11 is 0. The summed E-state index contributed by atoms with van der Waals surface area (Å²) in [6, 6.07) is 8.25. The third-order valence-corrected chi connectivity index (χ3v) is 6.41. The van der Waals surface area contributed by atoms with Crippen molar-refractivity contribution in [2.24, 2.45) is 7.05 Å². The molecule has 5 heterocycles. The number of nitrogens with zero attached hydrogens (tertiary/aromatic N) is 10. The zero-order valence-electron chi connectivity index (χ0n) is 20.4. The second-order valence-corrected chi connectivity index (χ2v) is 8.94. The van der Waals surface area contributed by atoms with Gasteiger partial charge in [0.1, 0.15) is 12.2 Å². The van der Waals surface area contributed by atoms with E-state index in [1.807, 2.05) is 34.5 Å². The largest absolute Gasteiger partial charge is 0.378 e. The zero-order valence-corrected chi connectivity index (χ0v) is 20.4. The van der Waals surface area contributed by atoms with E-state index in [1.165, 1.54) is 0 Å². The molecule has 1 fully saturated rings. The Morgan fingerprint density at radius 2 is 1.80 bits per heavy atom. The lowest BCUT2D eigenvalue weighted by Crippen LogP contribution is -2.37. The highest BCUT2D eigenvalue weighted by Gasteiger charge is 2.26. The number of imidazole rings is 2. The summed E-state index contributed by atoms with van der Waals surface area (Å²) in [5.41, 5.74) is 3.40. The predicted molar refractivity (Wildman–Crippen MR) is 133 cm³/mol. The van der Waals surface area contributed by atoms with E-state index < -0.39 is 0 Å². The van der Waals surface area contributed by atoms with Crippen molar-refractivity contribution in [3.63, 3.8) is 0 Å². The first kappa shape index (κ1) is 21.7. The topological polar surface area (TPSA) is 105 Å². The predicted octanol–water partition coefficient (Wildman–Crippen LogP) is 2.94. The molecule has 0 unspecified atom stereocenters. The van der Waals surface area contributed by atoms with Gasteiger partial charge in [-0.3, -0.25) is 4.57 Å². The van der Waals surface area contributed by atoms with E-state index in [-0.39, 0.29) is 6.04 Å². The van der Waals surface area contributed by atoms with Crippen molar-refractivity contribution < 1.29 is 4.74 Å². The Kier molecular flexibility index (Phi) is 5.21. The van der Waals surface area contributed by atoms with E-state index >= 15 is 0 Å². The van der Waals surface area contributed by atoms with Gasteiger partial charge in [-0.25, -0.2) is 19.6 Å². The molecule has 0 N–H and O–H groups in total. The highest BCUT2D eigenvalue weighted by Crippen LogP contribution is 2.31. The van der Waals surface area contributed by atoms with Crippen LogP contribution in [0, 0.1) is 0 Å². The fraction of sp³-hybridized carbons (Fsp3) is 0.417. The van der Waals surface area contributed by atoms with Gasteiger partial charge in [-0.1, -0.05) is 19.1 Å². The van der Waals surface area contributed by atoms with Crippen LogP contribution in [0.25, 0.3) is 39.8 Å². The van der Waals surface area contributed by atoms with E-state index in [2.05, 4.69) is 46.4 Å². The Morgan fingerprint density at radius 3 is 2.57 bits per heavy atom. The fourth-order valence-electron chi connectivity index (χ4n) is 4.66. The summed E-state index contributed by atoms with van der Waals surface area (Å²) in [6.45, 7) is 9.03. The maximum Gasteiger partial charge on any atom is 0.239 e. The number of hydrogen-bond acceptors (Lipinski definition) is 8. The molecule has 1 aromatic carbocycles. The van der Waals surface area contributed by atoms with E-state index in [4.69, 9.17) is 24.7 Å². The summed E-state index contributed by atoms with van der Waals surface area (Å²) in [5, 5.41) is 4.41. The molecule has 0 atom stereocenters. The second kappa shape index (κ2) is 8.42. The molecule has 6 rings (SSSR count). The number of aromatic nitrogens is 9. The summed E-state index contributed by atoms with van der Waals surface area (Å²) in [7, 11) is 1.97. The molecule has 0 saturated carbocycles. The molecular formula is C24H28N10O. The van der Waals surface area contributed by atoms with Crippen molar-refractivity contribution in [2.75, 3.05) is 31.2 Å². The second-order valence-electron chi connectivity index (χ2n) is 8.94. The number of anilines is 1. The van der Waals surface area contributed by atoms with Gasteiger partial charge in [-0.05, 0) is 26.0 Å². The highest BCUT2D eigenvalue weighted by molar-refractivity contribution is 5.88. The van der Waals surface area contributed by atoms with Gasteiger partial charge in [-0.2, -0.15) is 15.1 Å². The summed E-state index contributed by atoms with van der Waals surface area (Å²) in [4.78, 5) is 26.7. The van der Waals surface area contributed by atoms with Crippen LogP contribution < -0.4 is 4.90 Å². The quantitative estimate of drug-likeness (QED) is 0.385. The van der Waals surface area contributed by atoms with Crippen molar-refractivity contribution in [2.45, 2.75) is 33.2 Å². The Hall–Kier alpha value is -3.86. The van der Waals surface area contributed by atoms with Gasteiger partial charge in [0, 0.05) is 32.6 Å². The SMILES string of the molecule is CCc1nc2ccccc2n1-c1nc(N2CCOCC2)c2nc(-c3ncnn3C(C)C)n(C)c2n1. The zero-order chi connectivity index (χ0) is 24.1. The highest BCUT2D eigenvalue weighted by atomic mass is 16.5. The number of rotatable bonds is 5. The fourth-order valence-corrected chi connectivity index (χ4v) is 4.66. The van der Waals surface area contributed by atoms with Gasteiger partial charge in [0.25, 0.3) is 0 Å². The molecule has 35 heavy (non-hydrogen) atoms. The average molecular weight is 473 g/mol. The van der Waals surface area contributed by atoms with Crippen LogP contribution >= 0.6 is 0 Å².